The summed E-state index contributed by atoms with van der Waals surface area (Å²) in [5.74, 6) is 0.368. The molecule has 8 heteroatoms. The van der Waals surface area contributed by atoms with E-state index in [1.165, 1.54) is 0 Å². The summed E-state index contributed by atoms with van der Waals surface area (Å²) in [5, 5.41) is 0. The number of thioether (sulfide) groups is 1. The monoisotopic (exact) mass is 483 g/mol. The minimum Gasteiger partial charge on any atom is -0.381 e. The van der Waals surface area contributed by atoms with Crippen molar-refractivity contribution in [2.45, 2.75) is 36.9 Å². The van der Waals surface area contributed by atoms with Gasteiger partial charge in [-0.25, -0.2) is 0 Å². The second kappa shape index (κ2) is 12.3. The number of nitrogens with zero attached hydrogens (tertiary/aromatic N) is 3. The maximum Gasteiger partial charge on any atom is 0.242 e. The molecule has 3 heterocycles. The van der Waals surface area contributed by atoms with Gasteiger partial charge in [0.1, 0.15) is 0 Å². The summed E-state index contributed by atoms with van der Waals surface area (Å²) in [5.41, 5.74) is 1.92. The molecule has 4 rings (SSSR count). The van der Waals surface area contributed by atoms with Gasteiger partial charge in [0, 0.05) is 50.1 Å². The first-order valence-electron chi connectivity index (χ1n) is 11.9. The van der Waals surface area contributed by atoms with E-state index in [4.69, 9.17) is 9.47 Å². The third kappa shape index (κ3) is 7.04. The van der Waals surface area contributed by atoms with E-state index in [1.54, 1.807) is 29.1 Å². The van der Waals surface area contributed by atoms with Crippen LogP contribution in [-0.2, 0) is 32.1 Å². The minimum absolute atomic E-state index is 0.00921. The predicted molar refractivity (Wildman–Crippen MR) is 131 cm³/mol. The molecule has 2 aliphatic heterocycles. The van der Waals surface area contributed by atoms with Crippen LogP contribution in [0.4, 0.5) is 0 Å². The van der Waals surface area contributed by atoms with Crippen molar-refractivity contribution in [1.29, 1.82) is 0 Å². The maximum absolute atomic E-state index is 13.2. The fourth-order valence-corrected chi connectivity index (χ4v) is 4.83. The SMILES string of the molecule is CSc1ccc(CC(=O)N2CC(=O)N(CC3CCOCC3)CC(OCc3cccnc3)C2)cc1. The Balaban J connectivity index is 1.44. The number of pyridine rings is 1. The molecule has 1 unspecified atom stereocenters. The minimum atomic E-state index is -0.255. The average Bonchev–Trinajstić information content (AvgIpc) is 3.03. The highest BCUT2D eigenvalue weighted by Crippen LogP contribution is 2.20. The first-order chi connectivity index (χ1) is 16.6. The lowest BCUT2D eigenvalue weighted by molar-refractivity contribution is -0.138. The molecule has 0 bridgehead atoms. The highest BCUT2D eigenvalue weighted by molar-refractivity contribution is 7.98. The van der Waals surface area contributed by atoms with Gasteiger partial charge in [0.15, 0.2) is 0 Å². The molecule has 1 aromatic heterocycles. The second-order valence-corrected chi connectivity index (χ2v) is 9.83. The smallest absolute Gasteiger partial charge is 0.242 e. The van der Waals surface area contributed by atoms with E-state index in [2.05, 4.69) is 4.98 Å². The quantitative estimate of drug-likeness (QED) is 0.538. The Morgan fingerprint density at radius 2 is 1.94 bits per heavy atom. The van der Waals surface area contributed by atoms with E-state index in [9.17, 15) is 9.59 Å². The number of hydrogen-bond donors (Lipinski definition) is 0. The van der Waals surface area contributed by atoms with Crippen LogP contribution in [0.2, 0.25) is 0 Å². The molecule has 182 valence electrons. The van der Waals surface area contributed by atoms with Crippen LogP contribution in [0.3, 0.4) is 0 Å². The predicted octanol–water partition coefficient (Wildman–Crippen LogP) is 3.03. The topological polar surface area (TPSA) is 72.0 Å². The summed E-state index contributed by atoms with van der Waals surface area (Å²) >= 11 is 1.67. The van der Waals surface area contributed by atoms with Crippen LogP contribution < -0.4 is 0 Å². The molecule has 0 spiro atoms. The van der Waals surface area contributed by atoms with E-state index < -0.39 is 0 Å². The molecule has 0 aliphatic carbocycles. The zero-order valence-corrected chi connectivity index (χ0v) is 20.5. The van der Waals surface area contributed by atoms with Crippen molar-refractivity contribution in [2.75, 3.05) is 45.6 Å². The van der Waals surface area contributed by atoms with Crippen molar-refractivity contribution in [3.63, 3.8) is 0 Å². The zero-order valence-electron chi connectivity index (χ0n) is 19.7. The normalized spacial score (nSPS) is 19.8. The number of hydrogen-bond acceptors (Lipinski definition) is 6. The molecule has 0 radical (unpaired) electrons. The molecule has 7 nitrogen and oxygen atoms in total. The maximum atomic E-state index is 13.2. The number of carbonyl (C=O) groups excluding carboxylic acids is 2. The summed E-state index contributed by atoms with van der Waals surface area (Å²) < 4.78 is 11.7. The fraction of sp³-hybridized carbons (Fsp3) is 0.500. The van der Waals surface area contributed by atoms with Crippen LogP contribution in [-0.4, -0.2) is 78.4 Å². The van der Waals surface area contributed by atoms with Crippen molar-refractivity contribution in [3.8, 4) is 0 Å². The first-order valence-corrected chi connectivity index (χ1v) is 13.1. The Morgan fingerprint density at radius 1 is 1.15 bits per heavy atom. The largest absolute Gasteiger partial charge is 0.381 e. The van der Waals surface area contributed by atoms with Gasteiger partial charge in [-0.15, -0.1) is 11.8 Å². The van der Waals surface area contributed by atoms with Gasteiger partial charge in [0.25, 0.3) is 0 Å². The van der Waals surface area contributed by atoms with Crippen LogP contribution in [0.15, 0.2) is 53.7 Å². The highest BCUT2D eigenvalue weighted by atomic mass is 32.2. The average molecular weight is 484 g/mol. The van der Waals surface area contributed by atoms with Crippen LogP contribution >= 0.6 is 11.8 Å². The summed E-state index contributed by atoms with van der Waals surface area (Å²) in [7, 11) is 0. The van der Waals surface area contributed by atoms with Crippen molar-refractivity contribution in [1.82, 2.24) is 14.8 Å². The van der Waals surface area contributed by atoms with Gasteiger partial charge >= 0.3 is 0 Å². The van der Waals surface area contributed by atoms with Gasteiger partial charge in [-0.05, 0) is 54.3 Å². The number of amides is 2. The Labute approximate surface area is 205 Å². The van der Waals surface area contributed by atoms with Gasteiger partial charge in [0.05, 0.1) is 25.7 Å². The van der Waals surface area contributed by atoms with E-state index in [1.807, 2.05) is 47.6 Å². The molecule has 2 fully saturated rings. The van der Waals surface area contributed by atoms with Gasteiger partial charge in [0.2, 0.25) is 11.8 Å². The highest BCUT2D eigenvalue weighted by Gasteiger charge is 2.32. The van der Waals surface area contributed by atoms with E-state index in [-0.39, 0.29) is 30.9 Å². The summed E-state index contributed by atoms with van der Waals surface area (Å²) in [4.78, 5) is 35.3. The zero-order chi connectivity index (χ0) is 23.8. The van der Waals surface area contributed by atoms with E-state index >= 15 is 0 Å². The van der Waals surface area contributed by atoms with Gasteiger partial charge in [-0.2, -0.15) is 0 Å². The molecule has 2 amide bonds. The summed E-state index contributed by atoms with van der Waals surface area (Å²) in [6, 6.07) is 11.9. The van der Waals surface area contributed by atoms with Crippen molar-refractivity contribution in [2.24, 2.45) is 5.92 Å². The van der Waals surface area contributed by atoms with Gasteiger partial charge in [-0.3, -0.25) is 14.6 Å². The second-order valence-electron chi connectivity index (χ2n) is 8.95. The molecular formula is C26H33N3O4S. The molecule has 1 atom stereocenters. The molecule has 0 N–H and O–H groups in total. The summed E-state index contributed by atoms with van der Waals surface area (Å²) in [6.45, 7) is 3.56. The van der Waals surface area contributed by atoms with Crippen molar-refractivity contribution in [3.05, 3.63) is 59.9 Å². The summed E-state index contributed by atoms with van der Waals surface area (Å²) in [6.07, 6.45) is 7.48. The van der Waals surface area contributed by atoms with Crippen LogP contribution in [0, 0.1) is 5.92 Å². The lowest BCUT2D eigenvalue weighted by Crippen LogP contribution is -2.42. The molecule has 1 aromatic carbocycles. The van der Waals surface area contributed by atoms with Crippen molar-refractivity contribution >= 4 is 23.6 Å². The van der Waals surface area contributed by atoms with Crippen LogP contribution in [0.1, 0.15) is 24.0 Å². The van der Waals surface area contributed by atoms with Crippen molar-refractivity contribution < 1.29 is 19.1 Å². The fourth-order valence-electron chi connectivity index (χ4n) is 4.42. The Bertz CT molecular complexity index is 935. The van der Waals surface area contributed by atoms with Gasteiger partial charge < -0.3 is 19.3 Å². The van der Waals surface area contributed by atoms with Crippen LogP contribution in [0.25, 0.3) is 0 Å². The van der Waals surface area contributed by atoms with Crippen LogP contribution in [0.5, 0.6) is 0 Å². The Hall–Kier alpha value is -2.42. The third-order valence-electron chi connectivity index (χ3n) is 6.42. The lowest BCUT2D eigenvalue weighted by Gasteiger charge is -2.30. The number of ether oxygens (including phenoxy) is 2. The first kappa shape index (κ1) is 24.7. The molecule has 2 aliphatic rings. The lowest BCUT2D eigenvalue weighted by atomic mass is 9.99. The van der Waals surface area contributed by atoms with Gasteiger partial charge in [-0.1, -0.05) is 18.2 Å². The molecular weight excluding hydrogens is 450 g/mol. The number of carbonyl (C=O) groups is 2. The molecule has 34 heavy (non-hydrogen) atoms. The third-order valence-corrected chi connectivity index (χ3v) is 7.17. The number of rotatable bonds is 8. The number of aromatic nitrogens is 1. The Morgan fingerprint density at radius 3 is 2.65 bits per heavy atom. The molecule has 0 saturated carbocycles. The van der Waals surface area contributed by atoms with E-state index in [0.717, 1.165) is 42.1 Å². The molecule has 2 saturated heterocycles. The Kier molecular flexibility index (Phi) is 8.96. The number of benzene rings is 1. The molecule has 2 aromatic rings. The van der Waals surface area contributed by atoms with E-state index in [0.29, 0.717) is 32.2 Å². The standard InChI is InChI=1S/C26H33N3O4S/c1-34-24-6-4-20(5-7-24)13-25(30)29-17-23(33-19-22-3-2-10-27-14-22)16-28(26(31)18-29)15-21-8-11-32-12-9-21/h2-7,10,14,21,23H,8-9,11-13,15-19H2,1H3.